The normalized spacial score (nSPS) is 16.7. The van der Waals surface area contributed by atoms with Crippen LogP contribution in [0, 0.1) is 0 Å². The highest BCUT2D eigenvalue weighted by Gasteiger charge is 2.13. The first-order valence-electron chi connectivity index (χ1n) is 6.88. The Kier molecular flexibility index (Phi) is 5.43. The van der Waals surface area contributed by atoms with Crippen molar-refractivity contribution in [3.63, 3.8) is 0 Å². The van der Waals surface area contributed by atoms with Gasteiger partial charge in [0.2, 0.25) is 0 Å². The summed E-state index contributed by atoms with van der Waals surface area (Å²) >= 11 is 6.21. The molecule has 106 valence electrons. The van der Waals surface area contributed by atoms with Crippen molar-refractivity contribution in [1.29, 1.82) is 0 Å². The highest BCUT2D eigenvalue weighted by molar-refractivity contribution is 6.31. The van der Waals surface area contributed by atoms with Crippen LogP contribution in [-0.4, -0.2) is 37.3 Å². The van der Waals surface area contributed by atoms with Crippen LogP contribution in [0.25, 0.3) is 0 Å². The SMILES string of the molecule is CC(C)NCc1nc(N2CCCOCC2)ccc1Cl. The van der Waals surface area contributed by atoms with Crippen LogP contribution in [-0.2, 0) is 11.3 Å². The number of pyridine rings is 1. The third-order valence-corrected chi connectivity index (χ3v) is 3.47. The van der Waals surface area contributed by atoms with Crippen LogP contribution in [0.3, 0.4) is 0 Å². The first-order chi connectivity index (χ1) is 9.16. The van der Waals surface area contributed by atoms with Crippen molar-refractivity contribution < 1.29 is 4.74 Å². The summed E-state index contributed by atoms with van der Waals surface area (Å²) in [6.45, 7) is 8.43. The van der Waals surface area contributed by atoms with Crippen molar-refractivity contribution >= 4 is 17.4 Å². The van der Waals surface area contributed by atoms with E-state index < -0.39 is 0 Å². The van der Waals surface area contributed by atoms with Crippen molar-refractivity contribution in [2.24, 2.45) is 0 Å². The van der Waals surface area contributed by atoms with Gasteiger partial charge in [-0.25, -0.2) is 4.98 Å². The molecule has 2 heterocycles. The molecule has 0 saturated carbocycles. The molecule has 0 amide bonds. The molecule has 1 saturated heterocycles. The molecule has 4 nitrogen and oxygen atoms in total. The Hall–Kier alpha value is -0.840. The van der Waals surface area contributed by atoms with Crippen molar-refractivity contribution in [3.05, 3.63) is 22.8 Å². The Morgan fingerprint density at radius 1 is 1.37 bits per heavy atom. The third-order valence-electron chi connectivity index (χ3n) is 3.13. The summed E-state index contributed by atoms with van der Waals surface area (Å²) < 4.78 is 5.47. The van der Waals surface area contributed by atoms with E-state index in [1.807, 2.05) is 12.1 Å². The molecule has 0 aliphatic carbocycles. The van der Waals surface area contributed by atoms with E-state index in [0.29, 0.717) is 12.6 Å². The molecule has 1 aromatic rings. The lowest BCUT2D eigenvalue weighted by Crippen LogP contribution is -2.28. The fraction of sp³-hybridized carbons (Fsp3) is 0.643. The molecular formula is C14H22ClN3O. The summed E-state index contributed by atoms with van der Waals surface area (Å²) in [5.74, 6) is 0.996. The molecule has 0 atom stereocenters. The minimum Gasteiger partial charge on any atom is -0.380 e. The van der Waals surface area contributed by atoms with Crippen molar-refractivity contribution in [2.45, 2.75) is 32.9 Å². The maximum absolute atomic E-state index is 6.21. The molecule has 1 aliphatic rings. The molecule has 0 radical (unpaired) electrons. The molecule has 2 rings (SSSR count). The van der Waals surface area contributed by atoms with Gasteiger partial charge >= 0.3 is 0 Å². The van der Waals surface area contributed by atoms with Crippen LogP contribution >= 0.6 is 11.6 Å². The van der Waals surface area contributed by atoms with Crippen molar-refractivity contribution in [3.8, 4) is 0 Å². The van der Waals surface area contributed by atoms with E-state index in [1.165, 1.54) is 0 Å². The lowest BCUT2D eigenvalue weighted by molar-refractivity contribution is 0.152. The zero-order valence-electron chi connectivity index (χ0n) is 11.7. The third kappa shape index (κ3) is 4.34. The number of nitrogens with one attached hydrogen (secondary N) is 1. The molecule has 1 aromatic heterocycles. The van der Waals surface area contributed by atoms with E-state index in [4.69, 9.17) is 16.3 Å². The monoisotopic (exact) mass is 283 g/mol. The molecule has 19 heavy (non-hydrogen) atoms. The second-order valence-electron chi connectivity index (χ2n) is 5.09. The highest BCUT2D eigenvalue weighted by Crippen LogP contribution is 2.20. The molecule has 0 spiro atoms. The van der Waals surface area contributed by atoms with E-state index in [2.05, 4.69) is 29.0 Å². The average molecular weight is 284 g/mol. The maximum atomic E-state index is 6.21. The zero-order valence-corrected chi connectivity index (χ0v) is 12.4. The molecule has 1 N–H and O–H groups in total. The molecular weight excluding hydrogens is 262 g/mol. The van der Waals surface area contributed by atoms with E-state index in [1.54, 1.807) is 0 Å². The van der Waals surface area contributed by atoms with Crippen LogP contribution in [0.15, 0.2) is 12.1 Å². The van der Waals surface area contributed by atoms with Gasteiger partial charge < -0.3 is 15.0 Å². The number of hydrogen-bond acceptors (Lipinski definition) is 4. The minimum atomic E-state index is 0.424. The Balaban J connectivity index is 2.10. The second kappa shape index (κ2) is 7.08. The van der Waals surface area contributed by atoms with Crippen LogP contribution < -0.4 is 10.2 Å². The van der Waals surface area contributed by atoms with Gasteiger partial charge in [0.05, 0.1) is 17.3 Å². The predicted molar refractivity (Wildman–Crippen MR) is 78.9 cm³/mol. The lowest BCUT2D eigenvalue weighted by Gasteiger charge is -2.21. The van der Waals surface area contributed by atoms with E-state index >= 15 is 0 Å². The van der Waals surface area contributed by atoms with E-state index in [9.17, 15) is 0 Å². The van der Waals surface area contributed by atoms with Crippen LogP contribution in [0.1, 0.15) is 26.0 Å². The first kappa shape index (κ1) is 14.6. The molecule has 0 unspecified atom stereocenters. The van der Waals surface area contributed by atoms with Gasteiger partial charge in [0, 0.05) is 32.3 Å². The second-order valence-corrected chi connectivity index (χ2v) is 5.49. The van der Waals surface area contributed by atoms with Gasteiger partial charge in [-0.15, -0.1) is 0 Å². The van der Waals surface area contributed by atoms with Crippen molar-refractivity contribution in [2.75, 3.05) is 31.2 Å². The van der Waals surface area contributed by atoms with Crippen LogP contribution in [0.5, 0.6) is 0 Å². The van der Waals surface area contributed by atoms with Gasteiger partial charge in [-0.1, -0.05) is 25.4 Å². The topological polar surface area (TPSA) is 37.4 Å². The Bertz CT molecular complexity index is 404. The fourth-order valence-electron chi connectivity index (χ4n) is 2.05. The van der Waals surface area contributed by atoms with Gasteiger partial charge in [-0.05, 0) is 18.6 Å². The summed E-state index contributed by atoms with van der Waals surface area (Å²) in [6, 6.07) is 4.35. The molecule has 5 heteroatoms. The summed E-state index contributed by atoms with van der Waals surface area (Å²) in [4.78, 5) is 6.95. The highest BCUT2D eigenvalue weighted by atomic mass is 35.5. The fourth-order valence-corrected chi connectivity index (χ4v) is 2.22. The minimum absolute atomic E-state index is 0.424. The Morgan fingerprint density at radius 3 is 3.00 bits per heavy atom. The number of nitrogens with zero attached hydrogens (tertiary/aromatic N) is 2. The lowest BCUT2D eigenvalue weighted by atomic mass is 10.3. The molecule has 1 fully saturated rings. The summed E-state index contributed by atoms with van der Waals surface area (Å²) in [5.41, 5.74) is 0.915. The Labute approximate surface area is 120 Å². The number of rotatable bonds is 4. The Morgan fingerprint density at radius 2 is 2.21 bits per heavy atom. The van der Waals surface area contributed by atoms with Gasteiger partial charge in [0.1, 0.15) is 5.82 Å². The van der Waals surface area contributed by atoms with Crippen molar-refractivity contribution in [1.82, 2.24) is 10.3 Å². The number of halogens is 1. The first-order valence-corrected chi connectivity index (χ1v) is 7.26. The van der Waals surface area contributed by atoms with E-state index in [0.717, 1.165) is 49.3 Å². The maximum Gasteiger partial charge on any atom is 0.129 e. The summed E-state index contributed by atoms with van der Waals surface area (Å²) in [5, 5.41) is 4.08. The standard InChI is InChI=1S/C14H22ClN3O/c1-11(2)16-10-13-12(15)4-5-14(17-13)18-6-3-8-19-9-7-18/h4-5,11,16H,3,6-10H2,1-2H3. The average Bonchev–Trinajstić information content (AvgIpc) is 2.66. The van der Waals surface area contributed by atoms with Gasteiger partial charge in [0.25, 0.3) is 0 Å². The number of anilines is 1. The number of aromatic nitrogens is 1. The van der Waals surface area contributed by atoms with Gasteiger partial charge in [0.15, 0.2) is 0 Å². The van der Waals surface area contributed by atoms with E-state index in [-0.39, 0.29) is 0 Å². The zero-order chi connectivity index (χ0) is 13.7. The summed E-state index contributed by atoms with van der Waals surface area (Å²) in [6.07, 6.45) is 1.05. The van der Waals surface area contributed by atoms with Crippen LogP contribution in [0.2, 0.25) is 5.02 Å². The quantitative estimate of drug-likeness (QED) is 0.921. The smallest absolute Gasteiger partial charge is 0.129 e. The largest absolute Gasteiger partial charge is 0.380 e. The number of ether oxygens (including phenoxy) is 1. The predicted octanol–water partition coefficient (Wildman–Crippen LogP) is 2.46. The van der Waals surface area contributed by atoms with Gasteiger partial charge in [-0.2, -0.15) is 0 Å². The summed E-state index contributed by atoms with van der Waals surface area (Å²) in [7, 11) is 0. The molecule has 1 aliphatic heterocycles. The van der Waals surface area contributed by atoms with Crippen LogP contribution in [0.4, 0.5) is 5.82 Å². The molecule has 0 aromatic carbocycles. The van der Waals surface area contributed by atoms with Gasteiger partial charge in [-0.3, -0.25) is 0 Å². The molecule has 0 bridgehead atoms. The number of hydrogen-bond donors (Lipinski definition) is 1.